The minimum absolute atomic E-state index is 0.0370. The lowest BCUT2D eigenvalue weighted by Crippen LogP contribution is -2.39. The quantitative estimate of drug-likeness (QED) is 0.743. The van der Waals surface area contributed by atoms with E-state index in [1.54, 1.807) is 0 Å². The van der Waals surface area contributed by atoms with Crippen LogP contribution in [0.2, 0.25) is 0 Å². The number of ether oxygens (including phenoxy) is 1. The van der Waals surface area contributed by atoms with E-state index in [1.165, 1.54) is 7.11 Å². The van der Waals surface area contributed by atoms with E-state index in [4.69, 9.17) is 4.74 Å². The average Bonchev–Trinajstić information content (AvgIpc) is 2.26. The van der Waals surface area contributed by atoms with Crippen molar-refractivity contribution in [2.45, 2.75) is 17.4 Å². The number of benzene rings is 1. The van der Waals surface area contributed by atoms with Crippen molar-refractivity contribution in [2.75, 3.05) is 19.0 Å². The van der Waals surface area contributed by atoms with Gasteiger partial charge in [-0.1, -0.05) is 15.9 Å². The van der Waals surface area contributed by atoms with Gasteiger partial charge < -0.3 is 4.74 Å². The Morgan fingerprint density at radius 1 is 1.30 bits per heavy atom. The van der Waals surface area contributed by atoms with Crippen LogP contribution in [0.25, 0.3) is 0 Å². The molecular weight excluding hydrogens is 363 g/mol. The van der Waals surface area contributed by atoms with E-state index in [2.05, 4.69) is 20.7 Å². The van der Waals surface area contributed by atoms with Crippen molar-refractivity contribution in [1.82, 2.24) is 4.72 Å². The zero-order valence-corrected chi connectivity index (χ0v) is 12.9. The van der Waals surface area contributed by atoms with Crippen LogP contribution in [0.3, 0.4) is 0 Å². The van der Waals surface area contributed by atoms with Gasteiger partial charge in [0, 0.05) is 30.6 Å². The highest BCUT2D eigenvalue weighted by Gasteiger charge is 2.27. The van der Waals surface area contributed by atoms with Crippen LogP contribution in [0.1, 0.15) is 6.42 Å². The molecule has 0 saturated carbocycles. The highest BCUT2D eigenvalue weighted by atomic mass is 79.9. The Kier molecular flexibility index (Phi) is 6.44. The van der Waals surface area contributed by atoms with Crippen molar-refractivity contribution in [1.29, 1.82) is 0 Å². The van der Waals surface area contributed by atoms with Crippen LogP contribution >= 0.6 is 15.9 Å². The smallest absolute Gasteiger partial charge is 0.246 e. The Morgan fingerprint density at radius 3 is 2.30 bits per heavy atom. The summed E-state index contributed by atoms with van der Waals surface area (Å²) in [6.07, 6.45) is 0.359. The van der Waals surface area contributed by atoms with Crippen LogP contribution < -0.4 is 4.72 Å². The lowest BCUT2D eigenvalue weighted by molar-refractivity contribution is 0.173. The Balaban J connectivity index is 3.10. The number of hydrogen-bond acceptors (Lipinski definition) is 3. The molecule has 0 amide bonds. The number of hydrogen-bond donors (Lipinski definition) is 1. The van der Waals surface area contributed by atoms with Crippen molar-refractivity contribution in [2.24, 2.45) is 0 Å². The SMILES string of the molecule is COCC(CCBr)NS(=O)(=O)c1c(F)cc(F)cc1F. The maximum Gasteiger partial charge on any atom is 0.246 e. The molecule has 4 nitrogen and oxygen atoms in total. The lowest BCUT2D eigenvalue weighted by Gasteiger charge is -2.17. The maximum absolute atomic E-state index is 13.5. The molecule has 1 unspecified atom stereocenters. The van der Waals surface area contributed by atoms with Gasteiger partial charge in [-0.15, -0.1) is 0 Å². The molecule has 0 aliphatic heterocycles. The van der Waals surface area contributed by atoms with Crippen molar-refractivity contribution in [3.63, 3.8) is 0 Å². The third kappa shape index (κ3) is 4.44. The molecular formula is C11H13BrF3NO3S. The summed E-state index contributed by atoms with van der Waals surface area (Å²) in [6, 6.07) is -0.0331. The molecule has 1 aromatic rings. The van der Waals surface area contributed by atoms with Crippen LogP contribution in [0.4, 0.5) is 13.2 Å². The first-order chi connectivity index (χ1) is 9.31. The van der Waals surface area contributed by atoms with Gasteiger partial charge >= 0.3 is 0 Å². The zero-order chi connectivity index (χ0) is 15.3. The summed E-state index contributed by atoms with van der Waals surface area (Å²) in [5.41, 5.74) is 0. The van der Waals surface area contributed by atoms with Crippen LogP contribution in [-0.2, 0) is 14.8 Å². The predicted octanol–water partition coefficient (Wildman–Crippen LogP) is 2.18. The Hall–Kier alpha value is -0.640. The van der Waals surface area contributed by atoms with Crippen molar-refractivity contribution < 1.29 is 26.3 Å². The number of halogens is 4. The molecule has 1 aromatic carbocycles. The van der Waals surface area contributed by atoms with E-state index >= 15 is 0 Å². The molecule has 1 rings (SSSR count). The van der Waals surface area contributed by atoms with Gasteiger partial charge in [-0.2, -0.15) is 0 Å². The largest absolute Gasteiger partial charge is 0.383 e. The minimum atomic E-state index is -4.45. The molecule has 0 saturated heterocycles. The molecule has 1 atom stereocenters. The minimum Gasteiger partial charge on any atom is -0.383 e. The molecule has 0 aromatic heterocycles. The molecule has 114 valence electrons. The molecule has 0 aliphatic rings. The number of rotatable bonds is 7. The Morgan fingerprint density at radius 2 is 1.85 bits per heavy atom. The van der Waals surface area contributed by atoms with Gasteiger partial charge in [0.2, 0.25) is 10.0 Å². The fourth-order valence-electron chi connectivity index (χ4n) is 1.57. The van der Waals surface area contributed by atoms with Crippen LogP contribution in [-0.4, -0.2) is 33.5 Å². The predicted molar refractivity (Wildman–Crippen MR) is 70.7 cm³/mol. The highest BCUT2D eigenvalue weighted by molar-refractivity contribution is 9.09. The van der Waals surface area contributed by atoms with E-state index in [9.17, 15) is 21.6 Å². The summed E-state index contributed by atoms with van der Waals surface area (Å²) in [5, 5.41) is 0.470. The fourth-order valence-corrected chi connectivity index (χ4v) is 3.50. The zero-order valence-electron chi connectivity index (χ0n) is 10.5. The monoisotopic (exact) mass is 375 g/mol. The highest BCUT2D eigenvalue weighted by Crippen LogP contribution is 2.20. The van der Waals surface area contributed by atoms with Crippen molar-refractivity contribution in [3.8, 4) is 0 Å². The third-order valence-corrected chi connectivity index (χ3v) is 4.41. The third-order valence-electron chi connectivity index (χ3n) is 2.38. The summed E-state index contributed by atoms with van der Waals surface area (Å²) in [5.74, 6) is -4.15. The second-order valence-electron chi connectivity index (χ2n) is 3.95. The molecule has 0 aliphatic carbocycles. The van der Waals surface area contributed by atoms with Crippen molar-refractivity contribution in [3.05, 3.63) is 29.6 Å². The Labute approximate surface area is 123 Å². The molecule has 0 radical (unpaired) electrons. The summed E-state index contributed by atoms with van der Waals surface area (Å²) >= 11 is 3.13. The summed E-state index contributed by atoms with van der Waals surface area (Å²) < 4.78 is 70.6. The van der Waals surface area contributed by atoms with Gasteiger partial charge in [0.1, 0.15) is 17.5 Å². The van der Waals surface area contributed by atoms with Gasteiger partial charge in [-0.05, 0) is 6.42 Å². The van der Waals surface area contributed by atoms with Crippen LogP contribution in [0, 0.1) is 17.5 Å². The molecule has 0 spiro atoms. The van der Waals surface area contributed by atoms with Crippen LogP contribution in [0.15, 0.2) is 17.0 Å². The number of sulfonamides is 1. The average molecular weight is 376 g/mol. The van der Waals surface area contributed by atoms with E-state index in [0.29, 0.717) is 23.9 Å². The summed E-state index contributed by atoms with van der Waals surface area (Å²) in [6.45, 7) is 0.0370. The number of methoxy groups -OCH3 is 1. The number of alkyl halides is 1. The van der Waals surface area contributed by atoms with E-state index in [-0.39, 0.29) is 6.61 Å². The lowest BCUT2D eigenvalue weighted by atomic mass is 10.3. The maximum atomic E-state index is 13.5. The van der Waals surface area contributed by atoms with Gasteiger partial charge in [-0.25, -0.2) is 26.3 Å². The fraction of sp³-hybridized carbons (Fsp3) is 0.455. The normalized spacial score (nSPS) is 13.4. The standard InChI is InChI=1S/C11H13BrF3NO3S/c1-19-6-8(2-3-12)16-20(17,18)11-9(14)4-7(13)5-10(11)15/h4-5,8,16H,2-3,6H2,1H3. The molecule has 9 heteroatoms. The first kappa shape index (κ1) is 17.4. The van der Waals surface area contributed by atoms with Gasteiger partial charge in [-0.3, -0.25) is 0 Å². The first-order valence-electron chi connectivity index (χ1n) is 5.53. The van der Waals surface area contributed by atoms with Crippen LogP contribution in [0.5, 0.6) is 0 Å². The summed E-state index contributed by atoms with van der Waals surface area (Å²) in [7, 11) is -3.08. The van der Waals surface area contributed by atoms with Gasteiger partial charge in [0.25, 0.3) is 0 Å². The second-order valence-corrected chi connectivity index (χ2v) is 6.39. The molecule has 0 heterocycles. The van der Waals surface area contributed by atoms with Crippen molar-refractivity contribution >= 4 is 26.0 Å². The van der Waals surface area contributed by atoms with E-state index < -0.39 is 38.4 Å². The topological polar surface area (TPSA) is 55.4 Å². The van der Waals surface area contributed by atoms with Gasteiger partial charge in [0.05, 0.1) is 6.61 Å². The molecule has 1 N–H and O–H groups in total. The van der Waals surface area contributed by atoms with E-state index in [0.717, 1.165) is 0 Å². The molecule has 20 heavy (non-hydrogen) atoms. The molecule has 0 fully saturated rings. The molecule has 0 bridgehead atoms. The summed E-state index contributed by atoms with van der Waals surface area (Å²) in [4.78, 5) is -1.20. The van der Waals surface area contributed by atoms with Gasteiger partial charge in [0.15, 0.2) is 4.90 Å². The Bertz CT molecular complexity index is 539. The second kappa shape index (κ2) is 7.39. The van der Waals surface area contributed by atoms with E-state index in [1.807, 2.05) is 0 Å². The first-order valence-corrected chi connectivity index (χ1v) is 8.14. The number of nitrogens with one attached hydrogen (secondary N) is 1.